The van der Waals surface area contributed by atoms with E-state index in [2.05, 4.69) is 10.2 Å². The molecule has 98 valence electrons. The standard InChI is InChI=1S/C11H20ClN3O2/c1-11(2,3)17-8-10-14-13-9(7-12)15(10)5-6-16-4/h5-8H2,1-4H3. The van der Waals surface area contributed by atoms with Gasteiger partial charge in [0.05, 0.1) is 18.1 Å². The molecule has 1 aromatic heterocycles. The Kier molecular flexibility index (Phi) is 5.36. The van der Waals surface area contributed by atoms with Crippen LogP contribution in [0.25, 0.3) is 0 Å². The minimum Gasteiger partial charge on any atom is -0.383 e. The molecule has 5 nitrogen and oxygen atoms in total. The summed E-state index contributed by atoms with van der Waals surface area (Å²) in [6, 6.07) is 0. The van der Waals surface area contributed by atoms with Crippen LogP contribution in [0.1, 0.15) is 32.4 Å². The average molecular weight is 262 g/mol. The topological polar surface area (TPSA) is 49.2 Å². The van der Waals surface area contributed by atoms with Gasteiger partial charge in [-0.25, -0.2) is 0 Å². The van der Waals surface area contributed by atoms with Gasteiger partial charge in [0, 0.05) is 13.7 Å². The molecule has 6 heteroatoms. The predicted molar refractivity (Wildman–Crippen MR) is 66.0 cm³/mol. The van der Waals surface area contributed by atoms with Gasteiger partial charge >= 0.3 is 0 Å². The highest BCUT2D eigenvalue weighted by Gasteiger charge is 2.15. The van der Waals surface area contributed by atoms with Gasteiger partial charge in [-0.3, -0.25) is 0 Å². The molecule has 1 aromatic rings. The molecule has 0 aliphatic rings. The summed E-state index contributed by atoms with van der Waals surface area (Å²) >= 11 is 5.81. The monoisotopic (exact) mass is 261 g/mol. The fourth-order valence-corrected chi connectivity index (χ4v) is 1.50. The Hall–Kier alpha value is -0.650. The zero-order valence-electron chi connectivity index (χ0n) is 10.9. The maximum Gasteiger partial charge on any atom is 0.159 e. The molecule has 0 aliphatic heterocycles. The highest BCUT2D eigenvalue weighted by molar-refractivity contribution is 6.16. The number of aromatic nitrogens is 3. The molecule has 0 unspecified atom stereocenters. The largest absolute Gasteiger partial charge is 0.383 e. The molecule has 0 aliphatic carbocycles. The van der Waals surface area contributed by atoms with E-state index in [1.54, 1.807) is 7.11 Å². The minimum absolute atomic E-state index is 0.195. The Balaban J connectivity index is 2.73. The normalized spacial score (nSPS) is 12.1. The Labute approximate surface area is 107 Å². The molecule has 0 aromatic carbocycles. The molecule has 0 saturated carbocycles. The van der Waals surface area contributed by atoms with Crippen LogP contribution in [0, 0.1) is 0 Å². The maximum absolute atomic E-state index is 5.81. The zero-order chi connectivity index (χ0) is 12.9. The zero-order valence-corrected chi connectivity index (χ0v) is 11.6. The Morgan fingerprint density at radius 3 is 2.41 bits per heavy atom. The third-order valence-electron chi connectivity index (χ3n) is 2.18. The van der Waals surface area contributed by atoms with Crippen LogP contribution in [-0.4, -0.2) is 34.1 Å². The van der Waals surface area contributed by atoms with Gasteiger partial charge in [-0.2, -0.15) is 0 Å². The second-order valence-electron chi connectivity index (χ2n) is 4.71. The lowest BCUT2D eigenvalue weighted by Gasteiger charge is -2.19. The molecule has 1 heterocycles. The maximum atomic E-state index is 5.81. The quantitative estimate of drug-likeness (QED) is 0.735. The number of alkyl halides is 1. The molecule has 0 atom stereocenters. The molecule has 0 N–H and O–H groups in total. The van der Waals surface area contributed by atoms with E-state index >= 15 is 0 Å². The van der Waals surface area contributed by atoms with E-state index in [0.29, 0.717) is 25.6 Å². The van der Waals surface area contributed by atoms with Gasteiger partial charge in [-0.05, 0) is 20.8 Å². The van der Waals surface area contributed by atoms with Crippen LogP contribution < -0.4 is 0 Å². The first-order valence-corrected chi connectivity index (χ1v) is 6.11. The first-order chi connectivity index (χ1) is 7.98. The lowest BCUT2D eigenvalue weighted by atomic mass is 10.2. The lowest BCUT2D eigenvalue weighted by molar-refractivity contribution is -0.0197. The molecule has 0 saturated heterocycles. The number of rotatable bonds is 6. The summed E-state index contributed by atoms with van der Waals surface area (Å²) in [6.07, 6.45) is 0. The summed E-state index contributed by atoms with van der Waals surface area (Å²) in [5, 5.41) is 8.12. The van der Waals surface area contributed by atoms with Crippen LogP contribution in [0.5, 0.6) is 0 Å². The first kappa shape index (κ1) is 14.4. The smallest absolute Gasteiger partial charge is 0.159 e. The number of halogens is 1. The van der Waals surface area contributed by atoms with E-state index in [1.165, 1.54) is 0 Å². The van der Waals surface area contributed by atoms with Crippen molar-refractivity contribution in [1.82, 2.24) is 14.8 Å². The van der Waals surface area contributed by atoms with Crippen molar-refractivity contribution in [2.45, 2.75) is 45.4 Å². The molecule has 0 bridgehead atoms. The minimum atomic E-state index is -0.195. The molecule has 0 fully saturated rings. The predicted octanol–water partition coefficient (Wildman–Crippen LogP) is 1.98. The number of hydrogen-bond acceptors (Lipinski definition) is 4. The summed E-state index contributed by atoms with van der Waals surface area (Å²) in [7, 11) is 1.66. The van der Waals surface area contributed by atoms with E-state index in [4.69, 9.17) is 21.1 Å². The van der Waals surface area contributed by atoms with Crippen LogP contribution in [0.3, 0.4) is 0 Å². The van der Waals surface area contributed by atoms with Gasteiger partial charge in [0.15, 0.2) is 5.82 Å². The van der Waals surface area contributed by atoms with E-state index in [1.807, 2.05) is 25.3 Å². The van der Waals surface area contributed by atoms with Crippen LogP contribution in [0.15, 0.2) is 0 Å². The number of ether oxygens (including phenoxy) is 2. The van der Waals surface area contributed by atoms with Crippen molar-refractivity contribution in [3.8, 4) is 0 Å². The second kappa shape index (κ2) is 6.33. The lowest BCUT2D eigenvalue weighted by Crippen LogP contribution is -2.21. The van der Waals surface area contributed by atoms with Crippen molar-refractivity contribution in [3.63, 3.8) is 0 Å². The third-order valence-corrected chi connectivity index (χ3v) is 2.42. The van der Waals surface area contributed by atoms with E-state index in [-0.39, 0.29) is 5.60 Å². The Bertz CT molecular complexity index is 347. The summed E-state index contributed by atoms with van der Waals surface area (Å²) < 4.78 is 12.7. The highest BCUT2D eigenvalue weighted by Crippen LogP contribution is 2.12. The summed E-state index contributed by atoms with van der Waals surface area (Å²) in [5.74, 6) is 1.87. The van der Waals surface area contributed by atoms with Gasteiger partial charge < -0.3 is 14.0 Å². The average Bonchev–Trinajstić information content (AvgIpc) is 2.64. The van der Waals surface area contributed by atoms with E-state index < -0.39 is 0 Å². The first-order valence-electron chi connectivity index (χ1n) is 5.57. The number of methoxy groups -OCH3 is 1. The number of hydrogen-bond donors (Lipinski definition) is 0. The number of nitrogens with zero attached hydrogens (tertiary/aromatic N) is 3. The van der Waals surface area contributed by atoms with Crippen molar-refractivity contribution in [2.24, 2.45) is 0 Å². The van der Waals surface area contributed by atoms with Crippen molar-refractivity contribution >= 4 is 11.6 Å². The molecular formula is C11H20ClN3O2. The van der Waals surface area contributed by atoms with Crippen LogP contribution in [0.4, 0.5) is 0 Å². The SMILES string of the molecule is COCCn1c(CCl)nnc1COC(C)(C)C. The summed E-state index contributed by atoms with van der Waals surface area (Å²) in [5.41, 5.74) is -0.195. The van der Waals surface area contributed by atoms with Gasteiger partial charge in [-0.1, -0.05) is 0 Å². The van der Waals surface area contributed by atoms with Crippen molar-refractivity contribution < 1.29 is 9.47 Å². The van der Waals surface area contributed by atoms with Crippen molar-refractivity contribution in [1.29, 1.82) is 0 Å². The highest BCUT2D eigenvalue weighted by atomic mass is 35.5. The Morgan fingerprint density at radius 2 is 1.88 bits per heavy atom. The molecule has 0 spiro atoms. The van der Waals surface area contributed by atoms with Gasteiger partial charge in [0.25, 0.3) is 0 Å². The van der Waals surface area contributed by atoms with Gasteiger partial charge in [0.2, 0.25) is 0 Å². The summed E-state index contributed by atoms with van der Waals surface area (Å²) in [6.45, 7) is 7.73. The molecule has 0 radical (unpaired) electrons. The fraction of sp³-hybridized carbons (Fsp3) is 0.818. The van der Waals surface area contributed by atoms with Crippen molar-refractivity contribution in [2.75, 3.05) is 13.7 Å². The van der Waals surface area contributed by atoms with E-state index in [0.717, 1.165) is 11.6 Å². The van der Waals surface area contributed by atoms with E-state index in [9.17, 15) is 0 Å². The Morgan fingerprint density at radius 1 is 1.24 bits per heavy atom. The van der Waals surface area contributed by atoms with Crippen LogP contribution in [-0.2, 0) is 28.5 Å². The van der Waals surface area contributed by atoms with Gasteiger partial charge in [-0.15, -0.1) is 21.8 Å². The molecule has 1 rings (SSSR count). The molecule has 17 heavy (non-hydrogen) atoms. The van der Waals surface area contributed by atoms with Crippen molar-refractivity contribution in [3.05, 3.63) is 11.6 Å². The van der Waals surface area contributed by atoms with Crippen LogP contribution >= 0.6 is 11.6 Å². The van der Waals surface area contributed by atoms with Crippen LogP contribution in [0.2, 0.25) is 0 Å². The third kappa shape index (κ3) is 4.61. The molecular weight excluding hydrogens is 242 g/mol. The fourth-order valence-electron chi connectivity index (χ4n) is 1.30. The summed E-state index contributed by atoms with van der Waals surface area (Å²) in [4.78, 5) is 0. The van der Waals surface area contributed by atoms with Gasteiger partial charge in [0.1, 0.15) is 12.4 Å². The second-order valence-corrected chi connectivity index (χ2v) is 4.98. The molecule has 0 amide bonds.